The Labute approximate surface area is 104 Å². The minimum absolute atomic E-state index is 0.523. The van der Waals surface area contributed by atoms with Gasteiger partial charge in [-0.15, -0.1) is 0 Å². The first-order valence-corrected chi connectivity index (χ1v) is 6.53. The van der Waals surface area contributed by atoms with Gasteiger partial charge in [-0.25, -0.2) is 0 Å². The second kappa shape index (κ2) is 6.93. The largest absolute Gasteiger partial charge is 0.314 e. The van der Waals surface area contributed by atoms with E-state index in [4.69, 9.17) is 11.6 Å². The number of likely N-dealkylation sites (N-methyl/N-ethyl adjacent to an activating group) is 1. The van der Waals surface area contributed by atoms with E-state index in [2.05, 4.69) is 38.2 Å². The summed E-state index contributed by atoms with van der Waals surface area (Å²) in [5.74, 6) is 0.677. The fourth-order valence-corrected chi connectivity index (χ4v) is 2.13. The highest BCUT2D eigenvalue weighted by Crippen LogP contribution is 2.20. The Morgan fingerprint density at radius 2 is 1.94 bits per heavy atom. The van der Waals surface area contributed by atoms with E-state index in [-0.39, 0.29) is 0 Å². The molecular weight excluding hydrogens is 218 g/mol. The molecular formula is C14H22ClN. The third-order valence-corrected chi connectivity index (χ3v) is 3.56. The van der Waals surface area contributed by atoms with Crippen LogP contribution in [0.4, 0.5) is 0 Å². The summed E-state index contributed by atoms with van der Waals surface area (Å²) < 4.78 is 0. The fourth-order valence-electron chi connectivity index (χ4n) is 1.92. The second-order valence-electron chi connectivity index (χ2n) is 4.35. The molecule has 0 aromatic heterocycles. The van der Waals surface area contributed by atoms with Crippen LogP contribution < -0.4 is 5.32 Å². The number of rotatable bonds is 6. The van der Waals surface area contributed by atoms with Gasteiger partial charge in [0, 0.05) is 11.1 Å². The Balaban J connectivity index is 2.71. The molecule has 1 aromatic rings. The van der Waals surface area contributed by atoms with E-state index in [0.717, 1.165) is 18.0 Å². The van der Waals surface area contributed by atoms with E-state index in [9.17, 15) is 0 Å². The van der Waals surface area contributed by atoms with Crippen LogP contribution >= 0.6 is 11.6 Å². The summed E-state index contributed by atoms with van der Waals surface area (Å²) >= 11 is 6.19. The van der Waals surface area contributed by atoms with Gasteiger partial charge in [0.1, 0.15) is 0 Å². The zero-order valence-corrected chi connectivity index (χ0v) is 11.2. The number of hydrogen-bond donors (Lipinski definition) is 1. The predicted molar refractivity (Wildman–Crippen MR) is 72.1 cm³/mol. The Bertz CT molecular complexity index is 311. The minimum Gasteiger partial charge on any atom is -0.314 e. The van der Waals surface area contributed by atoms with Crippen molar-refractivity contribution in [3.05, 3.63) is 34.9 Å². The summed E-state index contributed by atoms with van der Waals surface area (Å²) in [6.07, 6.45) is 2.21. The van der Waals surface area contributed by atoms with Crippen molar-refractivity contribution in [2.24, 2.45) is 5.92 Å². The number of benzene rings is 1. The van der Waals surface area contributed by atoms with E-state index in [1.165, 1.54) is 12.0 Å². The van der Waals surface area contributed by atoms with Crippen LogP contribution in [0.5, 0.6) is 0 Å². The van der Waals surface area contributed by atoms with Gasteiger partial charge in [0.15, 0.2) is 0 Å². The van der Waals surface area contributed by atoms with E-state index < -0.39 is 0 Å². The van der Waals surface area contributed by atoms with Gasteiger partial charge in [-0.05, 0) is 30.5 Å². The molecule has 2 atom stereocenters. The molecule has 0 amide bonds. The van der Waals surface area contributed by atoms with Gasteiger partial charge in [0.25, 0.3) is 0 Å². The summed E-state index contributed by atoms with van der Waals surface area (Å²) in [5, 5.41) is 4.43. The van der Waals surface area contributed by atoms with Gasteiger partial charge in [0.2, 0.25) is 0 Å². The number of hydrogen-bond acceptors (Lipinski definition) is 1. The molecule has 0 radical (unpaired) electrons. The lowest BCUT2D eigenvalue weighted by atomic mass is 9.93. The summed E-state index contributed by atoms with van der Waals surface area (Å²) in [6, 6.07) is 8.65. The average Bonchev–Trinajstić information content (AvgIpc) is 2.30. The van der Waals surface area contributed by atoms with Crippen LogP contribution in [0.25, 0.3) is 0 Å². The van der Waals surface area contributed by atoms with Crippen LogP contribution in [0.15, 0.2) is 24.3 Å². The van der Waals surface area contributed by atoms with Crippen LogP contribution in [0.2, 0.25) is 5.02 Å². The Morgan fingerprint density at radius 1 is 1.25 bits per heavy atom. The van der Waals surface area contributed by atoms with E-state index in [1.54, 1.807) is 0 Å². The van der Waals surface area contributed by atoms with E-state index >= 15 is 0 Å². The lowest BCUT2D eigenvalue weighted by Crippen LogP contribution is -2.36. The molecule has 90 valence electrons. The van der Waals surface area contributed by atoms with Crippen molar-refractivity contribution in [1.82, 2.24) is 5.32 Å². The molecule has 1 N–H and O–H groups in total. The van der Waals surface area contributed by atoms with Crippen molar-refractivity contribution in [3.8, 4) is 0 Å². The molecule has 0 saturated carbocycles. The fraction of sp³-hybridized carbons (Fsp3) is 0.571. The van der Waals surface area contributed by atoms with Crippen LogP contribution in [0.1, 0.15) is 32.8 Å². The van der Waals surface area contributed by atoms with Crippen molar-refractivity contribution in [2.45, 2.75) is 39.7 Å². The summed E-state index contributed by atoms with van der Waals surface area (Å²) in [5.41, 5.74) is 1.25. The molecule has 1 aromatic carbocycles. The summed E-state index contributed by atoms with van der Waals surface area (Å²) in [6.45, 7) is 7.70. The first-order valence-electron chi connectivity index (χ1n) is 6.15. The predicted octanol–water partition coefficient (Wildman–Crippen LogP) is 3.91. The standard InChI is InChI=1S/C14H22ClN/c1-4-11(3)14(16-5-2)10-12-8-6-7-9-13(12)15/h6-9,11,14,16H,4-5,10H2,1-3H3. The van der Waals surface area contributed by atoms with Crippen molar-refractivity contribution in [1.29, 1.82) is 0 Å². The number of halogens is 1. The van der Waals surface area contributed by atoms with Gasteiger partial charge in [-0.1, -0.05) is 57.0 Å². The Kier molecular flexibility index (Phi) is 5.86. The zero-order valence-electron chi connectivity index (χ0n) is 10.5. The Hall–Kier alpha value is -0.530. The van der Waals surface area contributed by atoms with Gasteiger partial charge in [0.05, 0.1) is 0 Å². The van der Waals surface area contributed by atoms with Crippen molar-refractivity contribution in [3.63, 3.8) is 0 Å². The molecule has 2 heteroatoms. The second-order valence-corrected chi connectivity index (χ2v) is 4.75. The monoisotopic (exact) mass is 239 g/mol. The summed E-state index contributed by atoms with van der Waals surface area (Å²) in [4.78, 5) is 0. The quantitative estimate of drug-likeness (QED) is 0.794. The molecule has 0 aliphatic rings. The highest BCUT2D eigenvalue weighted by Gasteiger charge is 2.16. The number of nitrogens with one attached hydrogen (secondary N) is 1. The van der Waals surface area contributed by atoms with Crippen LogP contribution in [0.3, 0.4) is 0 Å². The molecule has 2 unspecified atom stereocenters. The first kappa shape index (κ1) is 13.5. The molecule has 1 rings (SSSR count). The molecule has 0 saturated heterocycles. The van der Waals surface area contributed by atoms with E-state index in [0.29, 0.717) is 12.0 Å². The lowest BCUT2D eigenvalue weighted by Gasteiger charge is -2.24. The van der Waals surface area contributed by atoms with Gasteiger partial charge >= 0.3 is 0 Å². The van der Waals surface area contributed by atoms with Crippen molar-refractivity contribution >= 4 is 11.6 Å². The molecule has 16 heavy (non-hydrogen) atoms. The average molecular weight is 240 g/mol. The lowest BCUT2D eigenvalue weighted by molar-refractivity contribution is 0.371. The smallest absolute Gasteiger partial charge is 0.0438 e. The molecule has 0 bridgehead atoms. The highest BCUT2D eigenvalue weighted by molar-refractivity contribution is 6.31. The van der Waals surface area contributed by atoms with Gasteiger partial charge in [-0.3, -0.25) is 0 Å². The van der Waals surface area contributed by atoms with Gasteiger partial charge < -0.3 is 5.32 Å². The minimum atomic E-state index is 0.523. The molecule has 0 heterocycles. The normalized spacial score (nSPS) is 14.8. The van der Waals surface area contributed by atoms with Crippen LogP contribution in [-0.2, 0) is 6.42 Å². The third kappa shape index (κ3) is 3.80. The van der Waals surface area contributed by atoms with E-state index in [1.807, 2.05) is 12.1 Å². The maximum atomic E-state index is 6.19. The maximum absolute atomic E-state index is 6.19. The SMILES string of the molecule is CCNC(Cc1ccccc1Cl)C(C)CC. The highest BCUT2D eigenvalue weighted by atomic mass is 35.5. The molecule has 0 fully saturated rings. The molecule has 1 nitrogen and oxygen atoms in total. The van der Waals surface area contributed by atoms with Crippen LogP contribution in [0, 0.1) is 5.92 Å². The van der Waals surface area contributed by atoms with Crippen molar-refractivity contribution in [2.75, 3.05) is 6.54 Å². The molecule has 0 aliphatic heterocycles. The van der Waals surface area contributed by atoms with Gasteiger partial charge in [-0.2, -0.15) is 0 Å². The molecule has 0 spiro atoms. The zero-order chi connectivity index (χ0) is 12.0. The molecule has 0 aliphatic carbocycles. The summed E-state index contributed by atoms with van der Waals surface area (Å²) in [7, 11) is 0. The topological polar surface area (TPSA) is 12.0 Å². The maximum Gasteiger partial charge on any atom is 0.0438 e. The Morgan fingerprint density at radius 3 is 2.50 bits per heavy atom. The third-order valence-electron chi connectivity index (χ3n) is 3.19. The van der Waals surface area contributed by atoms with Crippen molar-refractivity contribution < 1.29 is 0 Å². The van der Waals surface area contributed by atoms with Crippen LogP contribution in [-0.4, -0.2) is 12.6 Å². The first-order chi connectivity index (χ1) is 7.69.